The fourth-order valence-electron chi connectivity index (χ4n) is 3.48. The Labute approximate surface area is 145 Å². The van der Waals surface area contributed by atoms with Crippen LogP contribution in [0.4, 0.5) is 0 Å². The van der Waals surface area contributed by atoms with Gasteiger partial charge in [0.05, 0.1) is 18.2 Å². The van der Waals surface area contributed by atoms with Crippen LogP contribution in [-0.2, 0) is 13.0 Å². The van der Waals surface area contributed by atoms with Crippen molar-refractivity contribution in [1.29, 1.82) is 0 Å². The number of fused-ring (bicyclic) bond motifs is 4. The summed E-state index contributed by atoms with van der Waals surface area (Å²) in [5.41, 5.74) is 3.01. The Balaban J connectivity index is 1.92. The lowest BCUT2D eigenvalue weighted by molar-refractivity contribution is 0.101. The third-order valence-corrected chi connectivity index (χ3v) is 4.69. The molecule has 0 fully saturated rings. The molecule has 0 aliphatic carbocycles. The maximum absolute atomic E-state index is 13.1. The smallest absolute Gasteiger partial charge is 0.197 e. The molecule has 0 radical (unpaired) electrons. The molecule has 128 valence electrons. The van der Waals surface area contributed by atoms with Gasteiger partial charge in [0.1, 0.15) is 30.0 Å². The lowest BCUT2D eigenvalue weighted by Gasteiger charge is -2.13. The van der Waals surface area contributed by atoms with Crippen molar-refractivity contribution in [1.82, 2.24) is 0 Å². The summed E-state index contributed by atoms with van der Waals surface area (Å²) in [5, 5.41) is 0. The second kappa shape index (κ2) is 5.62. The van der Waals surface area contributed by atoms with E-state index in [1.54, 1.807) is 25.3 Å². The molecule has 2 aliphatic rings. The first-order valence-electron chi connectivity index (χ1n) is 8.21. The lowest BCUT2D eigenvalue weighted by Crippen LogP contribution is -2.07. The first-order valence-corrected chi connectivity index (χ1v) is 8.21. The van der Waals surface area contributed by atoms with Gasteiger partial charge in [-0.3, -0.25) is 9.59 Å². The van der Waals surface area contributed by atoms with Gasteiger partial charge in [-0.1, -0.05) is 0 Å². The summed E-state index contributed by atoms with van der Waals surface area (Å²) in [6, 6.07) is 6.92. The van der Waals surface area contributed by atoms with Crippen molar-refractivity contribution < 1.29 is 23.8 Å². The van der Waals surface area contributed by atoms with Crippen molar-refractivity contribution in [2.45, 2.75) is 33.0 Å². The average Bonchev–Trinajstić information content (AvgIpc) is 2.92. The fraction of sp³-hybridized carbons (Fsp3) is 0.300. The first-order chi connectivity index (χ1) is 12.0. The molecule has 1 atom stereocenters. The van der Waals surface area contributed by atoms with Gasteiger partial charge >= 0.3 is 0 Å². The maximum Gasteiger partial charge on any atom is 0.197 e. The van der Waals surface area contributed by atoms with Crippen molar-refractivity contribution >= 4 is 11.6 Å². The first kappa shape index (κ1) is 15.7. The molecule has 2 aliphatic heterocycles. The van der Waals surface area contributed by atoms with E-state index in [2.05, 4.69) is 0 Å². The van der Waals surface area contributed by atoms with Crippen LogP contribution in [0.5, 0.6) is 17.2 Å². The van der Waals surface area contributed by atoms with E-state index in [4.69, 9.17) is 14.2 Å². The monoisotopic (exact) mass is 338 g/mol. The van der Waals surface area contributed by atoms with E-state index in [-0.39, 0.29) is 24.3 Å². The highest BCUT2D eigenvalue weighted by Crippen LogP contribution is 2.44. The predicted octanol–water partition coefficient (Wildman–Crippen LogP) is 3.34. The molecule has 4 rings (SSSR count). The maximum atomic E-state index is 13.1. The lowest BCUT2D eigenvalue weighted by atomic mass is 9.93. The van der Waals surface area contributed by atoms with Gasteiger partial charge in [-0.25, -0.2) is 0 Å². The Bertz CT molecular complexity index is 913. The van der Waals surface area contributed by atoms with Gasteiger partial charge in [-0.15, -0.1) is 0 Å². The molecular weight excluding hydrogens is 320 g/mol. The largest absolute Gasteiger partial charge is 0.497 e. The molecule has 5 heteroatoms. The molecule has 2 heterocycles. The SMILES string of the molecule is COc1ccc2c(c1)COc1c(cc(C(C)=O)c3c1CC(C)O3)C2=O. The third kappa shape index (κ3) is 2.38. The van der Waals surface area contributed by atoms with Crippen LogP contribution in [0.25, 0.3) is 0 Å². The zero-order chi connectivity index (χ0) is 17.7. The van der Waals surface area contributed by atoms with E-state index in [0.29, 0.717) is 40.4 Å². The number of hydrogen-bond acceptors (Lipinski definition) is 5. The fourth-order valence-corrected chi connectivity index (χ4v) is 3.48. The number of hydrogen-bond donors (Lipinski definition) is 0. The molecule has 0 aromatic heterocycles. The van der Waals surface area contributed by atoms with Crippen molar-refractivity contribution in [2.24, 2.45) is 0 Å². The molecule has 0 saturated heterocycles. The summed E-state index contributed by atoms with van der Waals surface area (Å²) in [6.45, 7) is 3.69. The summed E-state index contributed by atoms with van der Waals surface area (Å²) in [6.07, 6.45) is 0.565. The summed E-state index contributed by atoms with van der Waals surface area (Å²) >= 11 is 0. The number of ether oxygens (including phenoxy) is 3. The number of carbonyl (C=O) groups is 2. The minimum absolute atomic E-state index is 0.0518. The number of carbonyl (C=O) groups excluding carboxylic acids is 2. The molecule has 0 amide bonds. The van der Waals surface area contributed by atoms with Gasteiger partial charge in [-0.05, 0) is 38.1 Å². The van der Waals surface area contributed by atoms with Gasteiger partial charge in [0.25, 0.3) is 0 Å². The van der Waals surface area contributed by atoms with E-state index in [1.807, 2.05) is 13.0 Å². The zero-order valence-corrected chi connectivity index (χ0v) is 14.3. The van der Waals surface area contributed by atoms with Gasteiger partial charge in [-0.2, -0.15) is 0 Å². The van der Waals surface area contributed by atoms with Crippen molar-refractivity contribution in [3.63, 3.8) is 0 Å². The summed E-state index contributed by atoms with van der Waals surface area (Å²) in [4.78, 5) is 25.2. The topological polar surface area (TPSA) is 61.8 Å². The van der Waals surface area contributed by atoms with Gasteiger partial charge in [0.2, 0.25) is 0 Å². The van der Waals surface area contributed by atoms with Crippen LogP contribution >= 0.6 is 0 Å². The number of benzene rings is 2. The van der Waals surface area contributed by atoms with Crippen LogP contribution in [0.1, 0.15) is 51.3 Å². The van der Waals surface area contributed by atoms with E-state index in [1.165, 1.54) is 6.92 Å². The number of ketones is 2. The van der Waals surface area contributed by atoms with E-state index in [0.717, 1.165) is 11.1 Å². The molecular formula is C20H18O5. The summed E-state index contributed by atoms with van der Waals surface area (Å²) in [5.74, 6) is 1.49. The van der Waals surface area contributed by atoms with Crippen LogP contribution in [-0.4, -0.2) is 24.8 Å². The molecule has 0 spiro atoms. The van der Waals surface area contributed by atoms with Crippen molar-refractivity contribution in [2.75, 3.05) is 7.11 Å². The number of rotatable bonds is 2. The molecule has 2 aromatic carbocycles. The predicted molar refractivity (Wildman–Crippen MR) is 91.0 cm³/mol. The van der Waals surface area contributed by atoms with Gasteiger partial charge in [0, 0.05) is 23.1 Å². The quantitative estimate of drug-likeness (QED) is 0.786. The second-order valence-corrected chi connectivity index (χ2v) is 6.44. The standard InChI is InChI=1S/C20H18O5/c1-10-6-17-19-16(8-15(11(2)21)20(17)25-10)18(22)14-5-4-13(23-3)7-12(14)9-24-19/h4-5,7-8,10H,6,9H2,1-3H3. The third-order valence-electron chi connectivity index (χ3n) is 4.69. The molecule has 25 heavy (non-hydrogen) atoms. The highest BCUT2D eigenvalue weighted by Gasteiger charge is 2.34. The number of methoxy groups -OCH3 is 1. The molecule has 0 bridgehead atoms. The molecule has 5 nitrogen and oxygen atoms in total. The summed E-state index contributed by atoms with van der Waals surface area (Å²) < 4.78 is 17.1. The van der Waals surface area contributed by atoms with Crippen LogP contribution in [0.2, 0.25) is 0 Å². The Morgan fingerprint density at radius 3 is 2.72 bits per heavy atom. The molecule has 0 saturated carbocycles. The highest BCUT2D eigenvalue weighted by atomic mass is 16.5. The van der Waals surface area contributed by atoms with E-state index < -0.39 is 0 Å². The van der Waals surface area contributed by atoms with E-state index >= 15 is 0 Å². The Hall–Kier alpha value is -2.82. The molecule has 2 aromatic rings. The Morgan fingerprint density at radius 2 is 2.00 bits per heavy atom. The normalized spacial score (nSPS) is 17.6. The molecule has 0 N–H and O–H groups in total. The van der Waals surface area contributed by atoms with Crippen molar-refractivity contribution in [3.8, 4) is 17.2 Å². The summed E-state index contributed by atoms with van der Waals surface area (Å²) in [7, 11) is 1.58. The molecule has 1 unspecified atom stereocenters. The van der Waals surface area contributed by atoms with Crippen LogP contribution in [0.15, 0.2) is 24.3 Å². The van der Waals surface area contributed by atoms with Crippen LogP contribution < -0.4 is 14.2 Å². The van der Waals surface area contributed by atoms with Gasteiger partial charge in [0.15, 0.2) is 11.6 Å². The minimum Gasteiger partial charge on any atom is -0.497 e. The number of Topliss-reactive ketones (excluding diaryl/α,β-unsaturated/α-hetero) is 1. The van der Waals surface area contributed by atoms with Crippen molar-refractivity contribution in [3.05, 3.63) is 52.1 Å². The second-order valence-electron chi connectivity index (χ2n) is 6.44. The Kier molecular flexibility index (Phi) is 3.53. The van der Waals surface area contributed by atoms with E-state index in [9.17, 15) is 9.59 Å². The minimum atomic E-state index is -0.144. The van der Waals surface area contributed by atoms with Crippen LogP contribution in [0, 0.1) is 0 Å². The highest BCUT2D eigenvalue weighted by molar-refractivity contribution is 6.14. The van der Waals surface area contributed by atoms with Crippen LogP contribution in [0.3, 0.4) is 0 Å². The van der Waals surface area contributed by atoms with Gasteiger partial charge < -0.3 is 14.2 Å². The zero-order valence-electron chi connectivity index (χ0n) is 14.3. The average molecular weight is 338 g/mol. The Morgan fingerprint density at radius 1 is 1.20 bits per heavy atom.